The summed E-state index contributed by atoms with van der Waals surface area (Å²) >= 11 is 0. The van der Waals surface area contributed by atoms with Crippen LogP contribution in [0.1, 0.15) is 15.9 Å². The fourth-order valence-corrected chi connectivity index (χ4v) is 2.52. The zero-order valence-corrected chi connectivity index (χ0v) is 14.1. The summed E-state index contributed by atoms with van der Waals surface area (Å²) in [6.45, 7) is 0. The molecule has 0 aromatic heterocycles. The fourth-order valence-electron chi connectivity index (χ4n) is 2.52. The van der Waals surface area contributed by atoms with E-state index in [0.29, 0.717) is 28.4 Å². The van der Waals surface area contributed by atoms with E-state index in [1.807, 2.05) is 30.3 Å². The van der Waals surface area contributed by atoms with Gasteiger partial charge in [-0.05, 0) is 48.5 Å². The van der Waals surface area contributed by atoms with Crippen molar-refractivity contribution in [3.63, 3.8) is 0 Å². The highest BCUT2D eigenvalue weighted by Crippen LogP contribution is 2.31. The number of carbonyl (C=O) groups is 1. The van der Waals surface area contributed by atoms with Gasteiger partial charge in [-0.15, -0.1) is 0 Å². The number of para-hydroxylation sites is 1. The van der Waals surface area contributed by atoms with E-state index < -0.39 is 0 Å². The van der Waals surface area contributed by atoms with Crippen LogP contribution >= 0.6 is 0 Å². The number of carbonyl (C=O) groups excluding carboxylic acids is 1. The van der Waals surface area contributed by atoms with Gasteiger partial charge in [0.25, 0.3) is 0 Å². The molecule has 0 unspecified atom stereocenters. The second-order valence-electron chi connectivity index (χ2n) is 5.31. The maximum atomic E-state index is 12.9. The normalized spacial score (nSPS) is 10.2. The van der Waals surface area contributed by atoms with Gasteiger partial charge in [-0.1, -0.05) is 24.3 Å². The topological polar surface area (TPSA) is 44.8 Å². The van der Waals surface area contributed by atoms with Crippen molar-refractivity contribution in [3.8, 4) is 23.0 Å². The molecule has 0 amide bonds. The van der Waals surface area contributed by atoms with Crippen molar-refractivity contribution in [2.45, 2.75) is 0 Å². The maximum absolute atomic E-state index is 12.9. The van der Waals surface area contributed by atoms with E-state index >= 15 is 0 Å². The quantitative estimate of drug-likeness (QED) is 0.612. The molecule has 0 aliphatic carbocycles. The zero-order valence-electron chi connectivity index (χ0n) is 14.1. The number of hydrogen-bond donors (Lipinski definition) is 0. The predicted molar refractivity (Wildman–Crippen MR) is 95.9 cm³/mol. The van der Waals surface area contributed by atoms with Crippen molar-refractivity contribution in [3.05, 3.63) is 83.9 Å². The summed E-state index contributed by atoms with van der Waals surface area (Å²) in [5.74, 6) is 2.20. The molecule has 3 rings (SSSR count). The van der Waals surface area contributed by atoms with Crippen molar-refractivity contribution in [1.29, 1.82) is 0 Å². The average Bonchev–Trinajstić information content (AvgIpc) is 2.68. The Morgan fingerprint density at radius 2 is 1.24 bits per heavy atom. The molecular formula is C21H18O4. The Morgan fingerprint density at radius 3 is 1.80 bits per heavy atom. The van der Waals surface area contributed by atoms with Crippen molar-refractivity contribution in [2.75, 3.05) is 14.2 Å². The van der Waals surface area contributed by atoms with Gasteiger partial charge < -0.3 is 14.2 Å². The van der Waals surface area contributed by atoms with Crippen LogP contribution in [-0.2, 0) is 0 Å². The standard InChI is InChI=1S/C21H18O4/c1-23-18-9-6-10-19(24-2)20(18)21(22)15-11-13-17(14-12-15)25-16-7-4-3-5-8-16/h3-14H,1-2H3. The first-order chi connectivity index (χ1) is 12.2. The molecule has 3 aromatic carbocycles. The van der Waals surface area contributed by atoms with Crippen LogP contribution in [0.25, 0.3) is 0 Å². The predicted octanol–water partition coefficient (Wildman–Crippen LogP) is 4.73. The zero-order chi connectivity index (χ0) is 17.6. The molecule has 0 bridgehead atoms. The minimum atomic E-state index is -0.166. The summed E-state index contributed by atoms with van der Waals surface area (Å²) in [6, 6.07) is 21.7. The molecule has 0 aliphatic rings. The molecule has 0 saturated heterocycles. The lowest BCUT2D eigenvalue weighted by atomic mass is 10.0. The van der Waals surface area contributed by atoms with Crippen LogP contribution in [0.3, 0.4) is 0 Å². The molecule has 0 fully saturated rings. The lowest BCUT2D eigenvalue weighted by Crippen LogP contribution is -2.06. The number of rotatable bonds is 6. The minimum Gasteiger partial charge on any atom is -0.496 e. The van der Waals surface area contributed by atoms with E-state index in [1.54, 1.807) is 42.5 Å². The number of hydrogen-bond acceptors (Lipinski definition) is 4. The molecule has 25 heavy (non-hydrogen) atoms. The van der Waals surface area contributed by atoms with Gasteiger partial charge in [0.05, 0.1) is 14.2 Å². The summed E-state index contributed by atoms with van der Waals surface area (Å²) in [5.41, 5.74) is 0.937. The highest BCUT2D eigenvalue weighted by Gasteiger charge is 2.19. The minimum absolute atomic E-state index is 0.166. The molecule has 3 aromatic rings. The summed E-state index contributed by atoms with van der Waals surface area (Å²) < 4.78 is 16.4. The molecule has 0 aliphatic heterocycles. The molecule has 0 spiro atoms. The second-order valence-corrected chi connectivity index (χ2v) is 5.31. The Labute approximate surface area is 146 Å². The van der Waals surface area contributed by atoms with Crippen LogP contribution in [0.5, 0.6) is 23.0 Å². The lowest BCUT2D eigenvalue weighted by molar-refractivity contribution is 0.103. The van der Waals surface area contributed by atoms with Crippen molar-refractivity contribution >= 4 is 5.78 Å². The molecule has 0 N–H and O–H groups in total. The summed E-state index contributed by atoms with van der Waals surface area (Å²) in [4.78, 5) is 12.9. The first-order valence-electron chi connectivity index (χ1n) is 7.81. The molecule has 0 saturated carbocycles. The van der Waals surface area contributed by atoms with E-state index in [2.05, 4.69) is 0 Å². The number of ketones is 1. The van der Waals surface area contributed by atoms with Crippen LogP contribution in [0.15, 0.2) is 72.8 Å². The van der Waals surface area contributed by atoms with E-state index in [9.17, 15) is 4.79 Å². The Morgan fingerprint density at radius 1 is 0.680 bits per heavy atom. The first kappa shape index (κ1) is 16.6. The third-order valence-electron chi connectivity index (χ3n) is 3.75. The number of benzene rings is 3. The smallest absolute Gasteiger partial charge is 0.200 e. The Kier molecular flexibility index (Phi) is 5.00. The average molecular weight is 334 g/mol. The van der Waals surface area contributed by atoms with Crippen molar-refractivity contribution < 1.29 is 19.0 Å². The fraction of sp³-hybridized carbons (Fsp3) is 0.0952. The molecular weight excluding hydrogens is 316 g/mol. The highest BCUT2D eigenvalue weighted by atomic mass is 16.5. The molecule has 0 radical (unpaired) electrons. The van der Waals surface area contributed by atoms with Crippen LogP contribution in [-0.4, -0.2) is 20.0 Å². The molecule has 126 valence electrons. The largest absolute Gasteiger partial charge is 0.496 e. The molecule has 4 heteroatoms. The summed E-state index contributed by atoms with van der Waals surface area (Å²) in [7, 11) is 3.06. The highest BCUT2D eigenvalue weighted by molar-refractivity contribution is 6.12. The van der Waals surface area contributed by atoms with Crippen molar-refractivity contribution in [1.82, 2.24) is 0 Å². The third kappa shape index (κ3) is 3.63. The van der Waals surface area contributed by atoms with E-state index in [0.717, 1.165) is 5.75 Å². The third-order valence-corrected chi connectivity index (χ3v) is 3.75. The van der Waals surface area contributed by atoms with Crippen LogP contribution < -0.4 is 14.2 Å². The Hall–Kier alpha value is -3.27. The van der Waals surface area contributed by atoms with Gasteiger partial charge in [0, 0.05) is 5.56 Å². The molecule has 4 nitrogen and oxygen atoms in total. The number of ether oxygens (including phenoxy) is 3. The SMILES string of the molecule is COc1cccc(OC)c1C(=O)c1ccc(Oc2ccccc2)cc1. The van der Waals surface area contributed by atoms with E-state index in [4.69, 9.17) is 14.2 Å². The van der Waals surface area contributed by atoms with Gasteiger partial charge in [0.15, 0.2) is 0 Å². The van der Waals surface area contributed by atoms with E-state index in [1.165, 1.54) is 14.2 Å². The van der Waals surface area contributed by atoms with Gasteiger partial charge in [0.1, 0.15) is 28.6 Å². The molecule has 0 heterocycles. The van der Waals surface area contributed by atoms with E-state index in [-0.39, 0.29) is 5.78 Å². The van der Waals surface area contributed by atoms with Gasteiger partial charge in [-0.2, -0.15) is 0 Å². The van der Waals surface area contributed by atoms with Crippen molar-refractivity contribution in [2.24, 2.45) is 0 Å². The van der Waals surface area contributed by atoms with Crippen LogP contribution in [0.2, 0.25) is 0 Å². The Bertz CT molecular complexity index is 833. The van der Waals surface area contributed by atoms with Gasteiger partial charge in [-0.25, -0.2) is 0 Å². The first-order valence-corrected chi connectivity index (χ1v) is 7.81. The Balaban J connectivity index is 1.87. The lowest BCUT2D eigenvalue weighted by Gasteiger charge is -2.12. The van der Waals surface area contributed by atoms with Crippen LogP contribution in [0, 0.1) is 0 Å². The molecule has 0 atom stereocenters. The van der Waals surface area contributed by atoms with Gasteiger partial charge in [0.2, 0.25) is 5.78 Å². The summed E-state index contributed by atoms with van der Waals surface area (Å²) in [5, 5.41) is 0. The second kappa shape index (κ2) is 7.53. The summed E-state index contributed by atoms with van der Waals surface area (Å²) in [6.07, 6.45) is 0. The monoisotopic (exact) mass is 334 g/mol. The number of methoxy groups -OCH3 is 2. The van der Waals surface area contributed by atoms with Gasteiger partial charge >= 0.3 is 0 Å². The van der Waals surface area contributed by atoms with Gasteiger partial charge in [-0.3, -0.25) is 4.79 Å². The maximum Gasteiger partial charge on any atom is 0.200 e. The van der Waals surface area contributed by atoms with Crippen LogP contribution in [0.4, 0.5) is 0 Å².